The topological polar surface area (TPSA) is 58.6 Å². The molecule has 0 unspecified atom stereocenters. The van der Waals surface area contributed by atoms with Gasteiger partial charge in [-0.05, 0) is 60.9 Å². The SMILES string of the molecule is CC[C@H]1Oc2ccc(NC(=O)c3ccccc3)cc2CN(CCc2ccc(F)cc2)C1=O. The lowest BCUT2D eigenvalue weighted by Gasteiger charge is -2.23. The number of fused-ring (bicyclic) bond motifs is 1. The summed E-state index contributed by atoms with van der Waals surface area (Å²) in [4.78, 5) is 27.3. The number of ether oxygens (including phenoxy) is 1. The number of amides is 2. The number of anilines is 1. The first-order valence-corrected chi connectivity index (χ1v) is 10.7. The quantitative estimate of drug-likeness (QED) is 0.608. The van der Waals surface area contributed by atoms with E-state index in [2.05, 4.69) is 5.32 Å². The average Bonchev–Trinajstić information content (AvgIpc) is 2.95. The molecule has 164 valence electrons. The maximum atomic E-state index is 13.2. The van der Waals surface area contributed by atoms with E-state index in [-0.39, 0.29) is 17.6 Å². The predicted octanol–water partition coefficient (Wildman–Crippen LogP) is 4.82. The Hall–Kier alpha value is -3.67. The molecule has 4 rings (SSSR count). The predicted molar refractivity (Wildman–Crippen MR) is 121 cm³/mol. The van der Waals surface area contributed by atoms with Crippen LogP contribution in [0.5, 0.6) is 5.75 Å². The zero-order valence-electron chi connectivity index (χ0n) is 17.9. The molecular formula is C26H25FN2O3. The largest absolute Gasteiger partial charge is 0.480 e. The molecule has 1 aliphatic rings. The second kappa shape index (κ2) is 9.64. The van der Waals surface area contributed by atoms with Gasteiger partial charge in [-0.15, -0.1) is 0 Å². The number of hydrogen-bond acceptors (Lipinski definition) is 3. The first-order valence-electron chi connectivity index (χ1n) is 10.7. The van der Waals surface area contributed by atoms with E-state index in [1.165, 1.54) is 12.1 Å². The highest BCUT2D eigenvalue weighted by Crippen LogP contribution is 2.29. The van der Waals surface area contributed by atoms with Crippen LogP contribution in [0, 0.1) is 5.82 Å². The molecule has 0 fully saturated rings. The number of rotatable bonds is 6. The molecule has 0 aromatic heterocycles. The highest BCUT2D eigenvalue weighted by molar-refractivity contribution is 6.04. The zero-order valence-corrected chi connectivity index (χ0v) is 17.9. The molecule has 0 aliphatic carbocycles. The minimum atomic E-state index is -0.561. The Morgan fingerprint density at radius 1 is 1.09 bits per heavy atom. The van der Waals surface area contributed by atoms with Crippen molar-refractivity contribution < 1.29 is 18.7 Å². The summed E-state index contributed by atoms with van der Waals surface area (Å²) in [6.07, 6.45) is 0.606. The van der Waals surface area contributed by atoms with Gasteiger partial charge in [-0.1, -0.05) is 37.3 Å². The lowest BCUT2D eigenvalue weighted by Crippen LogP contribution is -2.40. The standard InChI is InChI=1S/C26H25FN2O3/c1-2-23-26(31)29(15-14-18-8-10-21(27)11-9-18)17-20-16-22(12-13-24(20)32-23)28-25(30)19-6-4-3-5-7-19/h3-13,16,23H,2,14-15,17H2,1H3,(H,28,30)/t23-/m1/s1. The van der Waals surface area contributed by atoms with Crippen molar-refractivity contribution in [3.63, 3.8) is 0 Å². The Balaban J connectivity index is 1.53. The molecule has 1 heterocycles. The molecule has 1 atom stereocenters. The van der Waals surface area contributed by atoms with Crippen molar-refractivity contribution in [1.29, 1.82) is 0 Å². The van der Waals surface area contributed by atoms with Crippen LogP contribution in [0.2, 0.25) is 0 Å². The summed E-state index contributed by atoms with van der Waals surface area (Å²) in [5, 5.41) is 2.91. The molecule has 0 saturated heterocycles. The van der Waals surface area contributed by atoms with E-state index in [9.17, 15) is 14.0 Å². The lowest BCUT2D eigenvalue weighted by atomic mass is 10.1. The molecule has 1 N–H and O–H groups in total. The number of halogens is 1. The van der Waals surface area contributed by atoms with Crippen LogP contribution in [0.25, 0.3) is 0 Å². The maximum absolute atomic E-state index is 13.2. The van der Waals surface area contributed by atoms with Crippen LogP contribution in [-0.4, -0.2) is 29.4 Å². The molecule has 3 aromatic carbocycles. The molecule has 0 spiro atoms. The van der Waals surface area contributed by atoms with Crippen LogP contribution in [0.4, 0.5) is 10.1 Å². The molecule has 0 bridgehead atoms. The maximum Gasteiger partial charge on any atom is 0.263 e. The van der Waals surface area contributed by atoms with Crippen LogP contribution >= 0.6 is 0 Å². The Morgan fingerprint density at radius 3 is 2.56 bits per heavy atom. The van der Waals surface area contributed by atoms with E-state index in [1.807, 2.05) is 31.2 Å². The van der Waals surface area contributed by atoms with Gasteiger partial charge in [-0.2, -0.15) is 0 Å². The number of carbonyl (C=O) groups is 2. The Labute approximate surface area is 186 Å². The number of hydrogen-bond donors (Lipinski definition) is 1. The Morgan fingerprint density at radius 2 is 1.84 bits per heavy atom. The third-order valence-corrected chi connectivity index (χ3v) is 5.53. The number of benzene rings is 3. The van der Waals surface area contributed by atoms with Crippen molar-refractivity contribution in [2.24, 2.45) is 0 Å². The Bertz CT molecular complexity index is 1100. The van der Waals surface area contributed by atoms with Crippen LogP contribution in [0.3, 0.4) is 0 Å². The second-order valence-electron chi connectivity index (χ2n) is 7.79. The highest BCUT2D eigenvalue weighted by atomic mass is 19.1. The minimum absolute atomic E-state index is 0.0688. The van der Waals surface area contributed by atoms with Gasteiger partial charge in [0.05, 0.1) is 0 Å². The van der Waals surface area contributed by atoms with Crippen molar-refractivity contribution >= 4 is 17.5 Å². The van der Waals surface area contributed by atoms with Crippen LogP contribution in [0.1, 0.15) is 34.8 Å². The summed E-state index contributed by atoms with van der Waals surface area (Å²) in [6, 6.07) is 20.7. The molecule has 6 heteroatoms. The summed E-state index contributed by atoms with van der Waals surface area (Å²) in [5.74, 6) is 0.0988. The molecular weight excluding hydrogens is 407 g/mol. The van der Waals surface area contributed by atoms with E-state index in [0.717, 1.165) is 11.1 Å². The number of nitrogens with zero attached hydrogens (tertiary/aromatic N) is 1. The first-order chi connectivity index (χ1) is 15.5. The van der Waals surface area contributed by atoms with Gasteiger partial charge in [-0.3, -0.25) is 9.59 Å². The number of nitrogens with one attached hydrogen (secondary N) is 1. The summed E-state index contributed by atoms with van der Waals surface area (Å²) < 4.78 is 19.2. The van der Waals surface area contributed by atoms with Gasteiger partial charge in [0, 0.05) is 29.9 Å². The van der Waals surface area contributed by atoms with E-state index in [0.29, 0.717) is 42.9 Å². The molecule has 5 nitrogen and oxygen atoms in total. The van der Waals surface area contributed by atoms with E-state index >= 15 is 0 Å². The van der Waals surface area contributed by atoms with Crippen LogP contribution in [-0.2, 0) is 17.8 Å². The van der Waals surface area contributed by atoms with Crippen molar-refractivity contribution in [3.05, 3.63) is 95.3 Å². The first kappa shape index (κ1) is 21.6. The van der Waals surface area contributed by atoms with Crippen LogP contribution < -0.4 is 10.1 Å². The van der Waals surface area contributed by atoms with Gasteiger partial charge in [0.2, 0.25) is 0 Å². The van der Waals surface area contributed by atoms with Crippen LogP contribution in [0.15, 0.2) is 72.8 Å². The fourth-order valence-electron chi connectivity index (χ4n) is 3.74. The second-order valence-corrected chi connectivity index (χ2v) is 7.79. The van der Waals surface area contributed by atoms with Gasteiger partial charge in [0.15, 0.2) is 6.10 Å². The van der Waals surface area contributed by atoms with Crippen molar-refractivity contribution in [2.45, 2.75) is 32.4 Å². The summed E-state index contributed by atoms with van der Waals surface area (Å²) >= 11 is 0. The van der Waals surface area contributed by atoms with Gasteiger partial charge in [-0.25, -0.2) is 4.39 Å². The fraction of sp³-hybridized carbons (Fsp3) is 0.231. The molecule has 0 saturated carbocycles. The smallest absolute Gasteiger partial charge is 0.263 e. The van der Waals surface area contributed by atoms with Gasteiger partial charge < -0.3 is 15.0 Å². The third kappa shape index (κ3) is 4.97. The molecule has 32 heavy (non-hydrogen) atoms. The fourth-order valence-corrected chi connectivity index (χ4v) is 3.74. The zero-order chi connectivity index (χ0) is 22.5. The van der Waals surface area contributed by atoms with E-state index < -0.39 is 6.10 Å². The lowest BCUT2D eigenvalue weighted by molar-refractivity contribution is -0.138. The normalized spacial score (nSPS) is 15.5. The molecule has 1 aliphatic heterocycles. The third-order valence-electron chi connectivity index (χ3n) is 5.53. The van der Waals surface area contributed by atoms with Crippen molar-refractivity contribution in [2.75, 3.05) is 11.9 Å². The Kier molecular flexibility index (Phi) is 6.50. The van der Waals surface area contributed by atoms with Crippen molar-refractivity contribution in [3.8, 4) is 5.75 Å². The monoisotopic (exact) mass is 432 g/mol. The van der Waals surface area contributed by atoms with Gasteiger partial charge >= 0.3 is 0 Å². The van der Waals surface area contributed by atoms with E-state index in [1.54, 1.807) is 41.3 Å². The summed E-state index contributed by atoms with van der Waals surface area (Å²) in [7, 11) is 0. The summed E-state index contributed by atoms with van der Waals surface area (Å²) in [5.41, 5.74) is 3.00. The molecule has 3 aromatic rings. The minimum Gasteiger partial charge on any atom is -0.480 e. The molecule has 0 radical (unpaired) electrons. The molecule has 2 amide bonds. The van der Waals surface area contributed by atoms with Crippen molar-refractivity contribution in [1.82, 2.24) is 4.90 Å². The van der Waals surface area contributed by atoms with E-state index in [4.69, 9.17) is 4.74 Å². The average molecular weight is 432 g/mol. The van der Waals surface area contributed by atoms with Gasteiger partial charge in [0.1, 0.15) is 11.6 Å². The van der Waals surface area contributed by atoms with Gasteiger partial charge in [0.25, 0.3) is 11.8 Å². The summed E-state index contributed by atoms with van der Waals surface area (Å²) in [6.45, 7) is 2.78. The number of carbonyl (C=O) groups excluding carboxylic acids is 2. The highest BCUT2D eigenvalue weighted by Gasteiger charge is 2.29.